The van der Waals surface area contributed by atoms with Crippen LogP contribution in [0.4, 0.5) is 5.69 Å². The average Bonchev–Trinajstić information content (AvgIpc) is 2.91. The molecule has 0 unspecified atom stereocenters. The highest BCUT2D eigenvalue weighted by Crippen LogP contribution is 2.22. The Morgan fingerprint density at radius 3 is 2.32 bits per heavy atom. The molecule has 2 N–H and O–H groups in total. The SMILES string of the molecule is O=C(O)CNc1ccc(S(=O)(=O)N2CCCC2)cc1. The van der Waals surface area contributed by atoms with E-state index in [1.165, 1.54) is 16.4 Å². The number of nitrogens with one attached hydrogen (secondary N) is 1. The van der Waals surface area contributed by atoms with Crippen LogP contribution < -0.4 is 5.32 Å². The van der Waals surface area contributed by atoms with Gasteiger partial charge in [-0.3, -0.25) is 4.79 Å². The lowest BCUT2D eigenvalue weighted by Crippen LogP contribution is -2.27. The van der Waals surface area contributed by atoms with Crippen molar-refractivity contribution in [3.05, 3.63) is 24.3 Å². The molecular weight excluding hydrogens is 268 g/mol. The number of carboxylic acid groups (broad SMARTS) is 1. The predicted octanol–water partition coefficient (Wildman–Crippen LogP) is 0.968. The maximum Gasteiger partial charge on any atom is 0.322 e. The van der Waals surface area contributed by atoms with Gasteiger partial charge in [-0.2, -0.15) is 4.31 Å². The standard InChI is InChI=1S/C12H16N2O4S/c15-12(16)9-13-10-3-5-11(6-4-10)19(17,18)14-7-1-2-8-14/h3-6,13H,1-2,7-9H2,(H,15,16). The molecule has 1 aromatic rings. The summed E-state index contributed by atoms with van der Waals surface area (Å²) in [6.45, 7) is 0.945. The summed E-state index contributed by atoms with van der Waals surface area (Å²) < 4.78 is 25.9. The second-order valence-corrected chi connectivity index (χ2v) is 6.32. The van der Waals surface area contributed by atoms with E-state index in [1.54, 1.807) is 12.1 Å². The Labute approximate surface area is 112 Å². The molecule has 0 atom stereocenters. The van der Waals surface area contributed by atoms with Crippen molar-refractivity contribution in [2.45, 2.75) is 17.7 Å². The van der Waals surface area contributed by atoms with E-state index in [1.807, 2.05) is 0 Å². The van der Waals surface area contributed by atoms with Gasteiger partial charge in [-0.1, -0.05) is 0 Å². The molecule has 0 aromatic heterocycles. The fourth-order valence-corrected chi connectivity index (χ4v) is 3.52. The largest absolute Gasteiger partial charge is 0.480 e. The highest BCUT2D eigenvalue weighted by atomic mass is 32.2. The Morgan fingerprint density at radius 2 is 1.79 bits per heavy atom. The lowest BCUT2D eigenvalue weighted by molar-refractivity contribution is -0.134. The summed E-state index contributed by atoms with van der Waals surface area (Å²) >= 11 is 0. The van der Waals surface area contributed by atoms with Crippen molar-refractivity contribution in [2.75, 3.05) is 25.0 Å². The van der Waals surface area contributed by atoms with E-state index in [4.69, 9.17) is 5.11 Å². The van der Waals surface area contributed by atoms with Crippen LogP contribution >= 0.6 is 0 Å². The second kappa shape index (κ2) is 5.58. The van der Waals surface area contributed by atoms with Crippen LogP contribution in [0.1, 0.15) is 12.8 Å². The Hall–Kier alpha value is -1.60. The third-order valence-electron chi connectivity index (χ3n) is 3.00. The number of benzene rings is 1. The molecule has 0 aliphatic carbocycles. The zero-order chi connectivity index (χ0) is 13.9. The minimum atomic E-state index is -3.40. The summed E-state index contributed by atoms with van der Waals surface area (Å²) in [4.78, 5) is 10.7. The maximum atomic E-state index is 12.2. The highest BCUT2D eigenvalue weighted by molar-refractivity contribution is 7.89. The Kier molecular flexibility index (Phi) is 4.06. The van der Waals surface area contributed by atoms with Crippen molar-refractivity contribution < 1.29 is 18.3 Å². The summed E-state index contributed by atoms with van der Waals surface area (Å²) in [5.41, 5.74) is 0.586. The normalized spacial score (nSPS) is 16.4. The third-order valence-corrected chi connectivity index (χ3v) is 4.91. The van der Waals surface area contributed by atoms with Crippen LogP contribution in [0.25, 0.3) is 0 Å². The van der Waals surface area contributed by atoms with Crippen molar-refractivity contribution in [3.8, 4) is 0 Å². The molecule has 1 aromatic carbocycles. The lowest BCUT2D eigenvalue weighted by Gasteiger charge is -2.15. The molecule has 1 heterocycles. The average molecular weight is 284 g/mol. The topological polar surface area (TPSA) is 86.7 Å². The molecule has 2 rings (SSSR count). The molecule has 1 aliphatic rings. The van der Waals surface area contributed by atoms with Crippen molar-refractivity contribution in [2.24, 2.45) is 0 Å². The first-order valence-electron chi connectivity index (χ1n) is 6.06. The van der Waals surface area contributed by atoms with Crippen LogP contribution in [0.3, 0.4) is 0 Å². The number of hydrogen-bond donors (Lipinski definition) is 2. The van der Waals surface area contributed by atoms with E-state index < -0.39 is 16.0 Å². The molecule has 104 valence electrons. The summed E-state index contributed by atoms with van der Waals surface area (Å²) in [6.07, 6.45) is 1.80. The van der Waals surface area contributed by atoms with Crippen molar-refractivity contribution in [3.63, 3.8) is 0 Å². The van der Waals surface area contributed by atoms with Gasteiger partial charge >= 0.3 is 5.97 Å². The second-order valence-electron chi connectivity index (χ2n) is 4.38. The first kappa shape index (κ1) is 13.8. The van der Waals surface area contributed by atoms with Gasteiger partial charge < -0.3 is 10.4 Å². The van der Waals surface area contributed by atoms with Gasteiger partial charge in [0.2, 0.25) is 10.0 Å². The van der Waals surface area contributed by atoms with Crippen molar-refractivity contribution in [1.29, 1.82) is 0 Å². The van der Waals surface area contributed by atoms with E-state index in [-0.39, 0.29) is 11.4 Å². The molecular formula is C12H16N2O4S. The number of aliphatic carboxylic acids is 1. The zero-order valence-electron chi connectivity index (χ0n) is 10.4. The minimum Gasteiger partial charge on any atom is -0.480 e. The molecule has 0 radical (unpaired) electrons. The van der Waals surface area contributed by atoms with Gasteiger partial charge in [0.15, 0.2) is 0 Å². The van der Waals surface area contributed by atoms with E-state index in [0.717, 1.165) is 12.8 Å². The molecule has 0 amide bonds. The van der Waals surface area contributed by atoms with Crippen LogP contribution in [0.5, 0.6) is 0 Å². The van der Waals surface area contributed by atoms with E-state index >= 15 is 0 Å². The Bertz CT molecular complexity index is 548. The Balaban J connectivity index is 2.11. The minimum absolute atomic E-state index is 0.196. The highest BCUT2D eigenvalue weighted by Gasteiger charge is 2.26. The van der Waals surface area contributed by atoms with Gasteiger partial charge in [-0.15, -0.1) is 0 Å². The summed E-state index contributed by atoms with van der Waals surface area (Å²) in [5, 5.41) is 11.2. The van der Waals surface area contributed by atoms with Crippen LogP contribution in [-0.4, -0.2) is 43.4 Å². The first-order chi connectivity index (χ1) is 9.00. The van der Waals surface area contributed by atoms with Gasteiger partial charge in [-0.25, -0.2) is 8.42 Å². The fraction of sp³-hybridized carbons (Fsp3) is 0.417. The molecule has 7 heteroatoms. The van der Waals surface area contributed by atoms with Crippen LogP contribution in [-0.2, 0) is 14.8 Å². The number of carbonyl (C=O) groups is 1. The molecule has 1 saturated heterocycles. The van der Waals surface area contributed by atoms with Crippen molar-refractivity contribution in [1.82, 2.24) is 4.31 Å². The quantitative estimate of drug-likeness (QED) is 0.841. The third kappa shape index (κ3) is 3.24. The lowest BCUT2D eigenvalue weighted by atomic mass is 10.3. The molecule has 1 aliphatic heterocycles. The molecule has 19 heavy (non-hydrogen) atoms. The molecule has 1 fully saturated rings. The van der Waals surface area contributed by atoms with Gasteiger partial charge in [-0.05, 0) is 37.1 Å². The molecule has 0 bridgehead atoms. The number of anilines is 1. The van der Waals surface area contributed by atoms with Crippen LogP contribution in [0.15, 0.2) is 29.2 Å². The number of rotatable bonds is 5. The van der Waals surface area contributed by atoms with E-state index in [2.05, 4.69) is 5.32 Å². The summed E-state index contributed by atoms with van der Waals surface area (Å²) in [7, 11) is -3.40. The smallest absolute Gasteiger partial charge is 0.322 e. The Morgan fingerprint density at radius 1 is 1.21 bits per heavy atom. The van der Waals surface area contributed by atoms with Crippen molar-refractivity contribution >= 4 is 21.7 Å². The van der Waals surface area contributed by atoms with Crippen LogP contribution in [0.2, 0.25) is 0 Å². The number of hydrogen-bond acceptors (Lipinski definition) is 4. The van der Waals surface area contributed by atoms with Crippen LogP contribution in [0, 0.1) is 0 Å². The number of nitrogens with zero attached hydrogens (tertiary/aromatic N) is 1. The monoisotopic (exact) mass is 284 g/mol. The summed E-state index contributed by atoms with van der Waals surface area (Å²) in [5.74, 6) is -0.964. The summed E-state index contributed by atoms with van der Waals surface area (Å²) in [6, 6.07) is 6.15. The number of sulfonamides is 1. The first-order valence-corrected chi connectivity index (χ1v) is 7.50. The van der Waals surface area contributed by atoms with E-state index in [0.29, 0.717) is 18.8 Å². The van der Waals surface area contributed by atoms with Gasteiger partial charge in [0.25, 0.3) is 0 Å². The van der Waals surface area contributed by atoms with Gasteiger partial charge in [0.05, 0.1) is 4.90 Å². The number of carboxylic acids is 1. The van der Waals surface area contributed by atoms with E-state index in [9.17, 15) is 13.2 Å². The maximum absolute atomic E-state index is 12.2. The predicted molar refractivity (Wildman–Crippen MR) is 70.6 cm³/mol. The van der Waals surface area contributed by atoms with Gasteiger partial charge in [0, 0.05) is 18.8 Å². The zero-order valence-corrected chi connectivity index (χ0v) is 11.2. The molecule has 0 saturated carbocycles. The molecule has 0 spiro atoms. The molecule has 6 nitrogen and oxygen atoms in total. The fourth-order valence-electron chi connectivity index (χ4n) is 2.00. The van der Waals surface area contributed by atoms with Gasteiger partial charge in [0.1, 0.15) is 6.54 Å².